The van der Waals surface area contributed by atoms with Crippen molar-refractivity contribution in [1.29, 1.82) is 0 Å². The minimum atomic E-state index is -0.640. The first-order valence-corrected chi connectivity index (χ1v) is 4.13. The summed E-state index contributed by atoms with van der Waals surface area (Å²) in [6.45, 7) is 0.328. The van der Waals surface area contributed by atoms with E-state index >= 15 is 0 Å². The van der Waals surface area contributed by atoms with Gasteiger partial charge in [0.2, 0.25) is 0 Å². The van der Waals surface area contributed by atoms with E-state index in [-0.39, 0.29) is 0 Å². The van der Waals surface area contributed by atoms with Crippen LogP contribution in [0.4, 0.5) is 0 Å². The number of hydrogen-bond acceptors (Lipinski definition) is 3. The minimum Gasteiger partial charge on any atom is -0.351 e. The summed E-state index contributed by atoms with van der Waals surface area (Å²) in [6, 6.07) is 3.54. The molecule has 0 saturated heterocycles. The van der Waals surface area contributed by atoms with E-state index in [1.54, 1.807) is 24.5 Å². The summed E-state index contributed by atoms with van der Waals surface area (Å²) in [7, 11) is 1.41. The molecule has 14 heavy (non-hydrogen) atoms. The van der Waals surface area contributed by atoms with Gasteiger partial charge in [0.15, 0.2) is 0 Å². The van der Waals surface area contributed by atoms with Crippen LogP contribution < -0.4 is 10.6 Å². The maximum atomic E-state index is 11.0. The molecule has 0 aliphatic rings. The average molecular weight is 193 g/mol. The molecule has 74 valence electrons. The van der Waals surface area contributed by atoms with Gasteiger partial charge in [-0.2, -0.15) is 0 Å². The third kappa shape index (κ3) is 2.85. The highest BCUT2D eigenvalue weighted by Gasteiger charge is 2.09. The Balaban J connectivity index is 2.42. The quantitative estimate of drug-likeness (QED) is 0.619. The Labute approximate surface area is 81.5 Å². The van der Waals surface area contributed by atoms with Crippen LogP contribution in [0.2, 0.25) is 0 Å². The van der Waals surface area contributed by atoms with Gasteiger partial charge in [-0.05, 0) is 17.7 Å². The van der Waals surface area contributed by atoms with Crippen LogP contribution in [0.15, 0.2) is 24.5 Å². The third-order valence-electron chi connectivity index (χ3n) is 1.64. The van der Waals surface area contributed by atoms with E-state index in [4.69, 9.17) is 0 Å². The molecular formula is C9H11N3O2. The van der Waals surface area contributed by atoms with E-state index in [1.165, 1.54) is 7.05 Å². The van der Waals surface area contributed by atoms with Crippen molar-refractivity contribution in [2.75, 3.05) is 7.05 Å². The van der Waals surface area contributed by atoms with Gasteiger partial charge in [0.25, 0.3) is 0 Å². The lowest BCUT2D eigenvalue weighted by Gasteiger charge is -2.03. The summed E-state index contributed by atoms with van der Waals surface area (Å²) >= 11 is 0. The van der Waals surface area contributed by atoms with Gasteiger partial charge < -0.3 is 10.6 Å². The molecule has 0 saturated carbocycles. The fraction of sp³-hybridized carbons (Fsp3) is 0.222. The first-order chi connectivity index (χ1) is 6.74. The Bertz CT molecular complexity index is 324. The minimum absolute atomic E-state index is 0.328. The molecular weight excluding hydrogens is 182 g/mol. The van der Waals surface area contributed by atoms with Gasteiger partial charge in [-0.1, -0.05) is 0 Å². The first kappa shape index (κ1) is 10.2. The summed E-state index contributed by atoms with van der Waals surface area (Å²) in [4.78, 5) is 25.6. The van der Waals surface area contributed by atoms with Gasteiger partial charge in [-0.25, -0.2) is 0 Å². The number of pyridine rings is 1. The molecule has 1 aromatic heterocycles. The molecule has 0 unspecified atom stereocenters. The number of nitrogens with zero attached hydrogens (tertiary/aromatic N) is 1. The van der Waals surface area contributed by atoms with Crippen LogP contribution in [0, 0.1) is 0 Å². The zero-order valence-electron chi connectivity index (χ0n) is 7.78. The van der Waals surface area contributed by atoms with Crippen molar-refractivity contribution in [2.24, 2.45) is 0 Å². The highest BCUT2D eigenvalue weighted by molar-refractivity contribution is 6.34. The van der Waals surface area contributed by atoms with E-state index in [1.807, 2.05) is 0 Å². The van der Waals surface area contributed by atoms with Crippen molar-refractivity contribution in [3.8, 4) is 0 Å². The number of amides is 2. The molecule has 0 aliphatic heterocycles. The maximum Gasteiger partial charge on any atom is 0.309 e. The van der Waals surface area contributed by atoms with Crippen molar-refractivity contribution in [1.82, 2.24) is 15.6 Å². The molecule has 5 nitrogen and oxygen atoms in total. The lowest BCUT2D eigenvalue weighted by atomic mass is 10.3. The van der Waals surface area contributed by atoms with E-state index in [9.17, 15) is 9.59 Å². The van der Waals surface area contributed by atoms with Crippen molar-refractivity contribution < 1.29 is 9.59 Å². The second kappa shape index (κ2) is 4.96. The van der Waals surface area contributed by atoms with Gasteiger partial charge in [0, 0.05) is 26.0 Å². The molecule has 1 rings (SSSR count). The topological polar surface area (TPSA) is 71.1 Å². The molecule has 0 aromatic carbocycles. The van der Waals surface area contributed by atoms with Crippen LogP contribution in [0.5, 0.6) is 0 Å². The number of carbonyl (C=O) groups excluding carboxylic acids is 2. The number of nitrogens with one attached hydrogen (secondary N) is 2. The molecule has 1 aromatic rings. The molecule has 2 amide bonds. The van der Waals surface area contributed by atoms with E-state index in [2.05, 4.69) is 15.6 Å². The third-order valence-corrected chi connectivity index (χ3v) is 1.64. The molecule has 1 heterocycles. The summed E-state index contributed by atoms with van der Waals surface area (Å²) in [6.07, 6.45) is 3.25. The Kier molecular flexibility index (Phi) is 3.60. The smallest absolute Gasteiger partial charge is 0.309 e. The first-order valence-electron chi connectivity index (χ1n) is 4.13. The largest absolute Gasteiger partial charge is 0.351 e. The van der Waals surface area contributed by atoms with Gasteiger partial charge in [0.1, 0.15) is 0 Å². The SMILES string of the molecule is CNC(=O)C(=O)NCc1ccncc1. The summed E-state index contributed by atoms with van der Waals surface area (Å²) in [5.41, 5.74) is 0.900. The van der Waals surface area contributed by atoms with E-state index < -0.39 is 11.8 Å². The predicted molar refractivity (Wildman–Crippen MR) is 50.2 cm³/mol. The van der Waals surface area contributed by atoms with Crippen molar-refractivity contribution in [3.05, 3.63) is 30.1 Å². The van der Waals surface area contributed by atoms with Crippen LogP contribution in [-0.2, 0) is 16.1 Å². The molecule has 0 radical (unpaired) electrons. The molecule has 0 spiro atoms. The van der Waals surface area contributed by atoms with Crippen LogP contribution >= 0.6 is 0 Å². The number of aromatic nitrogens is 1. The Morgan fingerprint density at radius 2 is 1.93 bits per heavy atom. The van der Waals surface area contributed by atoms with Crippen LogP contribution in [0.3, 0.4) is 0 Å². The molecule has 2 N–H and O–H groups in total. The zero-order valence-corrected chi connectivity index (χ0v) is 7.78. The highest BCUT2D eigenvalue weighted by atomic mass is 16.2. The molecule has 0 fully saturated rings. The average Bonchev–Trinajstić information content (AvgIpc) is 2.26. The summed E-state index contributed by atoms with van der Waals surface area (Å²) in [5, 5.41) is 4.71. The van der Waals surface area contributed by atoms with Crippen molar-refractivity contribution in [2.45, 2.75) is 6.54 Å². The molecule has 0 aliphatic carbocycles. The molecule has 0 atom stereocenters. The second-order valence-electron chi connectivity index (χ2n) is 2.62. The predicted octanol–water partition coefficient (Wildman–Crippen LogP) is -0.556. The maximum absolute atomic E-state index is 11.0. The summed E-state index contributed by atoms with van der Waals surface area (Å²) in [5.74, 6) is -1.27. The lowest BCUT2D eigenvalue weighted by Crippen LogP contribution is -2.37. The Morgan fingerprint density at radius 3 is 2.50 bits per heavy atom. The Morgan fingerprint density at radius 1 is 1.29 bits per heavy atom. The molecule has 0 bridgehead atoms. The van der Waals surface area contributed by atoms with Crippen molar-refractivity contribution in [3.63, 3.8) is 0 Å². The highest BCUT2D eigenvalue weighted by Crippen LogP contribution is 1.94. The van der Waals surface area contributed by atoms with Gasteiger partial charge >= 0.3 is 11.8 Å². The van der Waals surface area contributed by atoms with Crippen LogP contribution in [0.1, 0.15) is 5.56 Å². The zero-order chi connectivity index (χ0) is 10.4. The van der Waals surface area contributed by atoms with Gasteiger partial charge in [0.05, 0.1) is 0 Å². The fourth-order valence-corrected chi connectivity index (χ4v) is 0.877. The Hall–Kier alpha value is -1.91. The number of hydrogen-bond donors (Lipinski definition) is 2. The lowest BCUT2D eigenvalue weighted by molar-refractivity contribution is -0.139. The number of rotatable bonds is 2. The van der Waals surface area contributed by atoms with Gasteiger partial charge in [-0.3, -0.25) is 14.6 Å². The monoisotopic (exact) mass is 193 g/mol. The summed E-state index contributed by atoms with van der Waals surface area (Å²) < 4.78 is 0. The van der Waals surface area contributed by atoms with Gasteiger partial charge in [-0.15, -0.1) is 0 Å². The molecule has 5 heteroatoms. The van der Waals surface area contributed by atoms with E-state index in [0.29, 0.717) is 6.54 Å². The normalized spacial score (nSPS) is 9.21. The second-order valence-corrected chi connectivity index (χ2v) is 2.62. The number of carbonyl (C=O) groups is 2. The van der Waals surface area contributed by atoms with Crippen LogP contribution in [0.25, 0.3) is 0 Å². The standard InChI is InChI=1S/C9H11N3O2/c1-10-8(13)9(14)12-6-7-2-4-11-5-3-7/h2-5H,6H2,1H3,(H,10,13)(H,12,14). The fourth-order valence-electron chi connectivity index (χ4n) is 0.877. The van der Waals surface area contributed by atoms with Crippen molar-refractivity contribution >= 4 is 11.8 Å². The van der Waals surface area contributed by atoms with E-state index in [0.717, 1.165) is 5.56 Å². The van der Waals surface area contributed by atoms with Crippen LogP contribution in [-0.4, -0.2) is 23.8 Å². The number of likely N-dealkylation sites (N-methyl/N-ethyl adjacent to an activating group) is 1.